The molecule has 0 amide bonds. The molecule has 0 bridgehead atoms. The van der Waals surface area contributed by atoms with Crippen molar-refractivity contribution in [3.63, 3.8) is 0 Å². The van der Waals surface area contributed by atoms with Crippen LogP contribution in [0.5, 0.6) is 0 Å². The van der Waals surface area contributed by atoms with Gasteiger partial charge in [-0.3, -0.25) is 4.98 Å². The van der Waals surface area contributed by atoms with Gasteiger partial charge in [-0.25, -0.2) is 4.98 Å². The number of nitrogens with zero attached hydrogens (tertiary/aromatic N) is 3. The van der Waals surface area contributed by atoms with Crippen LogP contribution in [0.3, 0.4) is 0 Å². The highest BCUT2D eigenvalue weighted by Gasteiger charge is 2.04. The van der Waals surface area contributed by atoms with Crippen LogP contribution in [0, 0.1) is 11.3 Å². The fraction of sp³-hybridized carbons (Fsp3) is 0.0625. The normalized spacial score (nSPS) is 10.3. The van der Waals surface area contributed by atoms with E-state index in [0.717, 1.165) is 26.9 Å². The first-order chi connectivity index (χ1) is 10.3. The molecule has 0 radical (unpaired) electrons. The van der Waals surface area contributed by atoms with E-state index in [0.29, 0.717) is 12.1 Å². The van der Waals surface area contributed by atoms with Gasteiger partial charge in [0.15, 0.2) is 0 Å². The van der Waals surface area contributed by atoms with Crippen molar-refractivity contribution in [1.82, 2.24) is 9.97 Å². The van der Waals surface area contributed by atoms with E-state index in [4.69, 9.17) is 5.26 Å². The maximum atomic E-state index is 9.14. The van der Waals surface area contributed by atoms with Gasteiger partial charge in [0.25, 0.3) is 0 Å². The molecule has 21 heavy (non-hydrogen) atoms. The number of hydrogen-bond acceptors (Lipinski definition) is 4. The lowest BCUT2D eigenvalue weighted by Crippen LogP contribution is -2.04. The second kappa shape index (κ2) is 5.90. The van der Waals surface area contributed by atoms with Gasteiger partial charge in [-0.15, -0.1) is 0 Å². The van der Waals surface area contributed by atoms with Gasteiger partial charge in [0.05, 0.1) is 40.7 Å². The maximum absolute atomic E-state index is 9.14. The molecule has 0 saturated heterocycles. The maximum Gasteiger partial charge on any atom is 0.101 e. The lowest BCUT2D eigenvalue weighted by atomic mass is 10.2. The molecular weight excluding hydrogens is 328 g/mol. The number of rotatable bonds is 3. The number of para-hydroxylation sites is 2. The Morgan fingerprint density at radius 2 is 1.95 bits per heavy atom. The van der Waals surface area contributed by atoms with E-state index in [1.807, 2.05) is 36.4 Å². The number of nitriles is 1. The molecule has 0 fully saturated rings. The van der Waals surface area contributed by atoms with Crippen molar-refractivity contribution in [3.05, 3.63) is 64.4 Å². The van der Waals surface area contributed by atoms with Crippen molar-refractivity contribution in [2.75, 3.05) is 5.32 Å². The Morgan fingerprint density at radius 3 is 2.76 bits per heavy atom. The van der Waals surface area contributed by atoms with Crippen LogP contribution in [0.2, 0.25) is 0 Å². The van der Waals surface area contributed by atoms with Crippen molar-refractivity contribution < 1.29 is 0 Å². The first kappa shape index (κ1) is 13.5. The van der Waals surface area contributed by atoms with Gasteiger partial charge in [-0.2, -0.15) is 5.26 Å². The second-order valence-corrected chi connectivity index (χ2v) is 5.42. The molecule has 0 unspecified atom stereocenters. The van der Waals surface area contributed by atoms with E-state index in [1.54, 1.807) is 12.3 Å². The van der Waals surface area contributed by atoms with E-state index in [2.05, 4.69) is 37.3 Å². The van der Waals surface area contributed by atoms with Crippen LogP contribution in [0.15, 0.2) is 53.1 Å². The molecule has 0 spiro atoms. The molecule has 1 N–H and O–H groups in total. The molecule has 0 saturated carbocycles. The van der Waals surface area contributed by atoms with E-state index in [-0.39, 0.29) is 0 Å². The third-order valence-corrected chi connectivity index (χ3v) is 3.55. The third-order valence-electron chi connectivity index (χ3n) is 3.06. The number of hydrogen-bond donors (Lipinski definition) is 1. The topological polar surface area (TPSA) is 61.6 Å². The number of fused-ring (bicyclic) bond motifs is 1. The highest BCUT2D eigenvalue weighted by molar-refractivity contribution is 9.10. The zero-order valence-corrected chi connectivity index (χ0v) is 12.6. The molecule has 0 aliphatic rings. The first-order valence-corrected chi connectivity index (χ1v) is 7.20. The molecule has 0 aliphatic carbocycles. The summed E-state index contributed by atoms with van der Waals surface area (Å²) in [6.07, 6.45) is 1.75. The fourth-order valence-electron chi connectivity index (χ4n) is 2.03. The molecule has 2 aromatic carbocycles. The van der Waals surface area contributed by atoms with Crippen LogP contribution in [-0.4, -0.2) is 9.97 Å². The molecule has 4 nitrogen and oxygen atoms in total. The highest BCUT2D eigenvalue weighted by Crippen LogP contribution is 2.20. The molecule has 5 heteroatoms. The SMILES string of the molecule is N#Cc1cc(Br)ccc1NCc1cnc2ccccc2n1. The molecule has 0 atom stereocenters. The predicted octanol–water partition coefficient (Wildman–Crippen LogP) is 3.88. The van der Waals surface area contributed by atoms with E-state index in [9.17, 15) is 0 Å². The van der Waals surface area contributed by atoms with Crippen LogP contribution in [0.25, 0.3) is 11.0 Å². The molecule has 102 valence electrons. The quantitative estimate of drug-likeness (QED) is 0.787. The molecular formula is C16H11BrN4. The number of nitrogens with one attached hydrogen (secondary N) is 1. The standard InChI is InChI=1S/C16H11BrN4/c17-12-5-6-14(11(7-12)8-18)19-9-13-10-20-15-3-1-2-4-16(15)21-13/h1-7,10,19H,9H2. The largest absolute Gasteiger partial charge is 0.378 e. The van der Waals surface area contributed by atoms with Gasteiger partial charge in [-0.1, -0.05) is 28.1 Å². The summed E-state index contributed by atoms with van der Waals surface area (Å²) in [5, 5.41) is 12.4. The van der Waals surface area contributed by atoms with Gasteiger partial charge < -0.3 is 5.32 Å². The number of benzene rings is 2. The Hall–Kier alpha value is -2.45. The Kier molecular flexibility index (Phi) is 3.80. The van der Waals surface area contributed by atoms with Crippen LogP contribution in [-0.2, 0) is 6.54 Å². The predicted molar refractivity (Wildman–Crippen MR) is 85.7 cm³/mol. The van der Waals surface area contributed by atoms with Crippen molar-refractivity contribution in [3.8, 4) is 6.07 Å². The summed E-state index contributed by atoms with van der Waals surface area (Å²) in [6.45, 7) is 0.522. The van der Waals surface area contributed by atoms with Gasteiger partial charge in [0.2, 0.25) is 0 Å². The molecule has 1 heterocycles. The van der Waals surface area contributed by atoms with Gasteiger partial charge in [0, 0.05) is 4.47 Å². The van der Waals surface area contributed by atoms with Crippen LogP contribution in [0.1, 0.15) is 11.3 Å². The summed E-state index contributed by atoms with van der Waals surface area (Å²) in [6, 6.07) is 15.5. The smallest absolute Gasteiger partial charge is 0.101 e. The summed E-state index contributed by atoms with van der Waals surface area (Å²) < 4.78 is 0.884. The van der Waals surface area contributed by atoms with Crippen LogP contribution in [0.4, 0.5) is 5.69 Å². The Balaban J connectivity index is 1.82. The first-order valence-electron chi connectivity index (χ1n) is 6.40. The van der Waals surface area contributed by atoms with Gasteiger partial charge >= 0.3 is 0 Å². The average Bonchev–Trinajstić information content (AvgIpc) is 2.53. The summed E-state index contributed by atoms with van der Waals surface area (Å²) in [7, 11) is 0. The van der Waals surface area contributed by atoms with E-state index in [1.165, 1.54) is 0 Å². The van der Waals surface area contributed by atoms with Gasteiger partial charge in [0.1, 0.15) is 6.07 Å². The van der Waals surface area contributed by atoms with Gasteiger partial charge in [-0.05, 0) is 30.3 Å². The Labute approximate surface area is 130 Å². The summed E-state index contributed by atoms with van der Waals surface area (Å²) in [5.74, 6) is 0. The Bertz CT molecular complexity index is 839. The zero-order valence-electron chi connectivity index (χ0n) is 11.0. The van der Waals surface area contributed by atoms with E-state index >= 15 is 0 Å². The monoisotopic (exact) mass is 338 g/mol. The van der Waals surface area contributed by atoms with Crippen LogP contribution >= 0.6 is 15.9 Å². The Morgan fingerprint density at radius 1 is 1.14 bits per heavy atom. The lowest BCUT2D eigenvalue weighted by Gasteiger charge is -2.08. The van der Waals surface area contributed by atoms with Crippen molar-refractivity contribution in [1.29, 1.82) is 5.26 Å². The van der Waals surface area contributed by atoms with Crippen molar-refractivity contribution in [2.24, 2.45) is 0 Å². The number of aromatic nitrogens is 2. The molecule has 0 aliphatic heterocycles. The van der Waals surface area contributed by atoms with Crippen molar-refractivity contribution in [2.45, 2.75) is 6.54 Å². The molecule has 1 aromatic heterocycles. The minimum atomic E-state index is 0.522. The van der Waals surface area contributed by atoms with Crippen LogP contribution < -0.4 is 5.32 Å². The third kappa shape index (κ3) is 3.01. The summed E-state index contributed by atoms with van der Waals surface area (Å²) >= 11 is 3.36. The second-order valence-electron chi connectivity index (χ2n) is 4.51. The number of halogens is 1. The molecule has 3 aromatic rings. The zero-order chi connectivity index (χ0) is 14.7. The number of anilines is 1. The fourth-order valence-corrected chi connectivity index (χ4v) is 2.39. The minimum absolute atomic E-state index is 0.522. The highest BCUT2D eigenvalue weighted by atomic mass is 79.9. The summed E-state index contributed by atoms with van der Waals surface area (Å²) in [5.41, 5.74) is 3.96. The van der Waals surface area contributed by atoms with Crippen molar-refractivity contribution >= 4 is 32.7 Å². The summed E-state index contributed by atoms with van der Waals surface area (Å²) in [4.78, 5) is 8.92. The minimum Gasteiger partial charge on any atom is -0.378 e. The average molecular weight is 339 g/mol. The molecule has 3 rings (SSSR count). The van der Waals surface area contributed by atoms with E-state index < -0.39 is 0 Å². The lowest BCUT2D eigenvalue weighted by molar-refractivity contribution is 1.04.